The molecule has 1 saturated carbocycles. The first-order chi connectivity index (χ1) is 16.2. The van der Waals surface area contributed by atoms with E-state index in [4.69, 9.17) is 16.3 Å². The van der Waals surface area contributed by atoms with Crippen LogP contribution in [0.4, 0.5) is 23.5 Å². The fourth-order valence-corrected chi connectivity index (χ4v) is 4.37. The number of alkyl halides is 3. The Kier molecular flexibility index (Phi) is 5.89. The number of benzene rings is 2. The smallest absolute Gasteiger partial charge is 0.417 e. The minimum Gasteiger partial charge on any atom is -0.417 e. The van der Waals surface area contributed by atoms with Crippen molar-refractivity contribution in [2.24, 2.45) is 0 Å². The molecule has 2 heterocycles. The van der Waals surface area contributed by atoms with Gasteiger partial charge in [-0.25, -0.2) is 14.2 Å². The summed E-state index contributed by atoms with van der Waals surface area (Å²) >= 11 is 5.98. The summed E-state index contributed by atoms with van der Waals surface area (Å²) in [5.41, 5.74) is 2.21. The molecular weight excluding hydrogens is 476 g/mol. The molecular formula is C23H21ClF4N4O2. The summed E-state index contributed by atoms with van der Waals surface area (Å²) in [7, 11) is 0. The van der Waals surface area contributed by atoms with Crippen LogP contribution in [0.5, 0.6) is 5.75 Å². The van der Waals surface area contributed by atoms with Gasteiger partial charge in [0.1, 0.15) is 11.3 Å². The van der Waals surface area contributed by atoms with Crippen LogP contribution in [0.25, 0.3) is 11.0 Å². The summed E-state index contributed by atoms with van der Waals surface area (Å²) < 4.78 is 59.3. The third kappa shape index (κ3) is 4.56. The van der Waals surface area contributed by atoms with E-state index in [9.17, 15) is 22.4 Å². The number of nitrogens with one attached hydrogen (secondary N) is 1. The van der Waals surface area contributed by atoms with Crippen molar-refractivity contribution < 1.29 is 27.1 Å². The Morgan fingerprint density at radius 1 is 1.18 bits per heavy atom. The maximum absolute atomic E-state index is 13.7. The predicted octanol–water partition coefficient (Wildman–Crippen LogP) is 4.63. The van der Waals surface area contributed by atoms with Gasteiger partial charge >= 0.3 is 12.1 Å². The molecule has 0 bridgehead atoms. The van der Waals surface area contributed by atoms with Crippen molar-refractivity contribution in [3.05, 3.63) is 52.3 Å². The third-order valence-corrected chi connectivity index (χ3v) is 6.32. The van der Waals surface area contributed by atoms with Crippen LogP contribution in [0.2, 0.25) is 5.02 Å². The highest BCUT2D eigenvalue weighted by Gasteiger charge is 2.42. The number of hydrogen-bond acceptors (Lipinski definition) is 5. The van der Waals surface area contributed by atoms with Gasteiger partial charge in [0.05, 0.1) is 17.1 Å². The molecule has 0 spiro atoms. The van der Waals surface area contributed by atoms with Crippen LogP contribution in [0, 0.1) is 5.82 Å². The van der Waals surface area contributed by atoms with Crippen molar-refractivity contribution >= 4 is 34.6 Å². The molecule has 11 heteroatoms. The van der Waals surface area contributed by atoms with Gasteiger partial charge in [-0.05, 0) is 54.2 Å². The van der Waals surface area contributed by atoms with Crippen molar-refractivity contribution in [2.45, 2.75) is 31.5 Å². The molecule has 6 nitrogen and oxygen atoms in total. The number of nitrogens with zero attached hydrogens (tertiary/aromatic N) is 3. The summed E-state index contributed by atoms with van der Waals surface area (Å²) in [4.78, 5) is 18.3. The van der Waals surface area contributed by atoms with Crippen LogP contribution in [0.1, 0.15) is 29.9 Å². The molecule has 2 aliphatic rings. The van der Waals surface area contributed by atoms with Gasteiger partial charge in [0, 0.05) is 26.2 Å². The van der Waals surface area contributed by atoms with E-state index in [1.165, 1.54) is 18.2 Å². The molecule has 0 radical (unpaired) electrons. The van der Waals surface area contributed by atoms with Crippen molar-refractivity contribution in [3.8, 4) is 5.75 Å². The van der Waals surface area contributed by atoms with Gasteiger partial charge in [-0.1, -0.05) is 17.7 Å². The number of fused-ring (bicyclic) bond motifs is 1. The lowest BCUT2D eigenvalue weighted by Crippen LogP contribution is -2.44. The average molecular weight is 497 g/mol. The monoisotopic (exact) mass is 496 g/mol. The van der Waals surface area contributed by atoms with Crippen LogP contribution >= 0.6 is 11.6 Å². The molecule has 1 aromatic heterocycles. The maximum Gasteiger partial charge on any atom is 0.491 e. The number of esters is 1. The zero-order chi connectivity index (χ0) is 24.0. The number of ether oxygens (including phenoxy) is 1. The van der Waals surface area contributed by atoms with Crippen molar-refractivity contribution in [2.75, 3.05) is 31.1 Å². The molecule has 2 fully saturated rings. The molecule has 180 valence electrons. The van der Waals surface area contributed by atoms with Gasteiger partial charge in [0.2, 0.25) is 5.95 Å². The summed E-state index contributed by atoms with van der Waals surface area (Å²) in [5.74, 6) is -2.31. The summed E-state index contributed by atoms with van der Waals surface area (Å²) in [6.45, 7) is 2.97. The molecule has 0 amide bonds. The highest BCUT2D eigenvalue weighted by Crippen LogP contribution is 2.44. The number of anilines is 1. The van der Waals surface area contributed by atoms with Crippen LogP contribution in [0.15, 0.2) is 30.3 Å². The van der Waals surface area contributed by atoms with Gasteiger partial charge in [0.15, 0.2) is 5.75 Å². The quantitative estimate of drug-likeness (QED) is 0.317. The van der Waals surface area contributed by atoms with E-state index in [2.05, 4.69) is 10.3 Å². The molecule has 1 aliphatic carbocycles. The molecule has 5 rings (SSSR count). The zero-order valence-electron chi connectivity index (χ0n) is 18.0. The topological polar surface area (TPSA) is 59.4 Å². The Labute approximate surface area is 197 Å². The standard InChI is InChI=1S/C23H21ClF4N4O2/c24-16-9-13(1-4-17(16)25)12-32-18-10-15(14-2-3-14)11-19(34-21(33)23(26,27)28)20(18)30-22(32)31-7-5-29-6-8-31/h1,4,9-11,14,29H,2-3,5-8,12H2. The highest BCUT2D eigenvalue weighted by atomic mass is 35.5. The molecule has 0 atom stereocenters. The predicted molar refractivity (Wildman–Crippen MR) is 119 cm³/mol. The maximum atomic E-state index is 13.7. The van der Waals surface area contributed by atoms with Crippen LogP contribution in [0.3, 0.4) is 0 Å². The van der Waals surface area contributed by atoms with Crippen LogP contribution in [-0.4, -0.2) is 47.9 Å². The highest BCUT2D eigenvalue weighted by molar-refractivity contribution is 6.30. The number of halogens is 5. The van der Waals surface area contributed by atoms with E-state index >= 15 is 0 Å². The fourth-order valence-electron chi connectivity index (χ4n) is 4.17. The van der Waals surface area contributed by atoms with E-state index in [1.807, 2.05) is 15.5 Å². The Balaban J connectivity index is 1.66. The molecule has 1 N–H and O–H groups in total. The fraction of sp³-hybridized carbons (Fsp3) is 0.391. The number of aromatic nitrogens is 2. The van der Waals surface area contributed by atoms with Gasteiger partial charge in [-0.3, -0.25) is 0 Å². The van der Waals surface area contributed by atoms with Gasteiger partial charge in [0.25, 0.3) is 0 Å². The lowest BCUT2D eigenvalue weighted by Gasteiger charge is -2.29. The van der Waals surface area contributed by atoms with E-state index < -0.39 is 18.0 Å². The van der Waals surface area contributed by atoms with E-state index in [-0.39, 0.29) is 28.8 Å². The number of piperazine rings is 1. The Hall–Kier alpha value is -2.85. The van der Waals surface area contributed by atoms with E-state index in [0.29, 0.717) is 30.1 Å². The van der Waals surface area contributed by atoms with Crippen LogP contribution in [-0.2, 0) is 11.3 Å². The van der Waals surface area contributed by atoms with Gasteiger partial charge in [-0.2, -0.15) is 13.2 Å². The van der Waals surface area contributed by atoms with E-state index in [0.717, 1.165) is 31.5 Å². The first-order valence-corrected chi connectivity index (χ1v) is 11.3. The SMILES string of the molecule is O=C(Oc1cc(C2CC2)cc2c1nc(N1CCNCC1)n2Cc1ccc(F)c(Cl)c1)C(F)(F)F. The largest absolute Gasteiger partial charge is 0.491 e. The summed E-state index contributed by atoms with van der Waals surface area (Å²) in [6.07, 6.45) is -3.31. The van der Waals surface area contributed by atoms with Crippen molar-refractivity contribution in [3.63, 3.8) is 0 Å². The Morgan fingerprint density at radius 2 is 1.91 bits per heavy atom. The van der Waals surface area contributed by atoms with Gasteiger partial charge in [-0.15, -0.1) is 0 Å². The number of carbonyl (C=O) groups is 1. The zero-order valence-corrected chi connectivity index (χ0v) is 18.7. The normalized spacial score (nSPS) is 16.8. The third-order valence-electron chi connectivity index (χ3n) is 6.03. The number of hydrogen-bond donors (Lipinski definition) is 1. The molecule has 3 aromatic rings. The van der Waals surface area contributed by atoms with E-state index in [1.54, 1.807) is 6.07 Å². The first kappa shape index (κ1) is 22.9. The first-order valence-electron chi connectivity index (χ1n) is 10.9. The molecule has 2 aromatic carbocycles. The molecule has 1 aliphatic heterocycles. The minimum absolute atomic E-state index is 0.0240. The second kappa shape index (κ2) is 8.74. The lowest BCUT2D eigenvalue weighted by atomic mass is 10.1. The Bertz CT molecular complexity index is 1250. The van der Waals surface area contributed by atoms with Gasteiger partial charge < -0.3 is 19.5 Å². The Morgan fingerprint density at radius 3 is 2.56 bits per heavy atom. The summed E-state index contributed by atoms with van der Waals surface area (Å²) in [5, 5.41) is 3.23. The number of rotatable bonds is 5. The summed E-state index contributed by atoms with van der Waals surface area (Å²) in [6, 6.07) is 7.76. The number of imidazole rings is 1. The molecule has 0 unspecified atom stereocenters. The second-order valence-electron chi connectivity index (χ2n) is 8.53. The van der Waals surface area contributed by atoms with Crippen molar-refractivity contribution in [1.29, 1.82) is 0 Å². The van der Waals surface area contributed by atoms with Crippen LogP contribution < -0.4 is 15.0 Å². The second-order valence-corrected chi connectivity index (χ2v) is 8.94. The number of carbonyl (C=O) groups excluding carboxylic acids is 1. The average Bonchev–Trinajstić information content (AvgIpc) is 3.59. The van der Waals surface area contributed by atoms with Crippen molar-refractivity contribution in [1.82, 2.24) is 14.9 Å². The minimum atomic E-state index is -5.13. The lowest BCUT2D eigenvalue weighted by molar-refractivity contribution is -0.189. The molecule has 34 heavy (non-hydrogen) atoms. The molecule has 1 saturated heterocycles.